The third-order valence-electron chi connectivity index (χ3n) is 2.66. The minimum Gasteiger partial charge on any atom is -0.383 e. The molecule has 0 aliphatic carbocycles. The van der Waals surface area contributed by atoms with Crippen molar-refractivity contribution in [2.24, 2.45) is 5.41 Å². The van der Waals surface area contributed by atoms with Gasteiger partial charge < -0.3 is 5.32 Å². The zero-order chi connectivity index (χ0) is 11.1. The minimum absolute atomic E-state index is 0.345. The second-order valence-corrected chi connectivity index (χ2v) is 7.15. The summed E-state index contributed by atoms with van der Waals surface area (Å²) in [6.45, 7) is 7.96. The summed E-state index contributed by atoms with van der Waals surface area (Å²) in [5.74, 6) is 0. The third kappa shape index (κ3) is 2.51. The van der Waals surface area contributed by atoms with Gasteiger partial charge in [-0.2, -0.15) is 0 Å². The molecule has 0 saturated heterocycles. The van der Waals surface area contributed by atoms with Crippen LogP contribution < -0.4 is 5.32 Å². The first-order valence-electron chi connectivity index (χ1n) is 5.17. The van der Waals surface area contributed by atoms with Crippen LogP contribution in [0.2, 0.25) is 0 Å². The van der Waals surface area contributed by atoms with Crippen molar-refractivity contribution in [2.45, 2.75) is 30.9 Å². The van der Waals surface area contributed by atoms with Gasteiger partial charge in [0.15, 0.2) is 0 Å². The van der Waals surface area contributed by atoms with Crippen molar-refractivity contribution < 1.29 is 0 Å². The van der Waals surface area contributed by atoms with Crippen molar-refractivity contribution in [3.63, 3.8) is 0 Å². The van der Waals surface area contributed by atoms with Crippen LogP contribution in [0.25, 0.3) is 0 Å². The Morgan fingerprint density at radius 1 is 1.40 bits per heavy atom. The van der Waals surface area contributed by atoms with Crippen LogP contribution >= 0.6 is 27.7 Å². The molecular formula is C12H16BrNS. The molecule has 0 amide bonds. The molecule has 1 aliphatic rings. The number of hydrogen-bond acceptors (Lipinski definition) is 2. The summed E-state index contributed by atoms with van der Waals surface area (Å²) in [5, 5.41) is 4.14. The predicted octanol–water partition coefficient (Wildman–Crippen LogP) is 4.38. The highest BCUT2D eigenvalue weighted by atomic mass is 79.9. The molecule has 15 heavy (non-hydrogen) atoms. The quantitative estimate of drug-likeness (QED) is 0.759. The van der Waals surface area contributed by atoms with E-state index in [1.807, 2.05) is 11.8 Å². The van der Waals surface area contributed by atoms with Crippen LogP contribution in [-0.4, -0.2) is 11.8 Å². The van der Waals surface area contributed by atoms with Crippen molar-refractivity contribution >= 4 is 33.4 Å². The van der Waals surface area contributed by atoms with Gasteiger partial charge >= 0.3 is 0 Å². The van der Waals surface area contributed by atoms with Crippen LogP contribution in [0.15, 0.2) is 27.6 Å². The Hall–Kier alpha value is -0.150. The zero-order valence-corrected chi connectivity index (χ0v) is 11.7. The Kier molecular flexibility index (Phi) is 3.04. The summed E-state index contributed by atoms with van der Waals surface area (Å²) in [6, 6.07) is 6.43. The fourth-order valence-corrected chi connectivity index (χ4v) is 3.42. The van der Waals surface area contributed by atoms with Crippen molar-refractivity contribution in [3.8, 4) is 0 Å². The van der Waals surface area contributed by atoms with E-state index in [4.69, 9.17) is 0 Å². The molecule has 1 atom stereocenters. The van der Waals surface area contributed by atoms with Gasteiger partial charge in [-0.15, -0.1) is 11.8 Å². The van der Waals surface area contributed by atoms with E-state index in [0.29, 0.717) is 10.7 Å². The first kappa shape index (κ1) is 11.3. The normalized spacial score (nSPS) is 20.7. The van der Waals surface area contributed by atoms with Crippen LogP contribution in [0.3, 0.4) is 0 Å². The molecule has 1 aromatic rings. The average Bonchev–Trinajstić information content (AvgIpc) is 2.15. The smallest absolute Gasteiger partial charge is 0.0479 e. The molecule has 1 N–H and O–H groups in total. The first-order valence-corrected chi connectivity index (χ1v) is 6.84. The van der Waals surface area contributed by atoms with E-state index in [9.17, 15) is 0 Å². The molecule has 0 fully saturated rings. The maximum Gasteiger partial charge on any atom is 0.0479 e. The lowest BCUT2D eigenvalue weighted by molar-refractivity contribution is 0.401. The van der Waals surface area contributed by atoms with Gasteiger partial charge in [0, 0.05) is 26.9 Å². The maximum absolute atomic E-state index is 3.52. The number of hydrogen-bond donors (Lipinski definition) is 1. The second-order valence-electron chi connectivity index (χ2n) is 4.99. The van der Waals surface area contributed by atoms with Gasteiger partial charge in [-0.25, -0.2) is 0 Å². The highest BCUT2D eigenvalue weighted by Gasteiger charge is 2.29. The molecule has 0 bridgehead atoms. The van der Waals surface area contributed by atoms with Crippen molar-refractivity contribution in [3.05, 3.63) is 22.7 Å². The number of rotatable bonds is 0. The molecule has 1 aromatic carbocycles. The van der Waals surface area contributed by atoms with Crippen molar-refractivity contribution in [1.29, 1.82) is 0 Å². The Balaban J connectivity index is 2.26. The van der Waals surface area contributed by atoms with Gasteiger partial charge in [-0.1, -0.05) is 36.7 Å². The lowest BCUT2D eigenvalue weighted by Crippen LogP contribution is -2.32. The third-order valence-corrected chi connectivity index (χ3v) is 4.90. The number of nitrogens with one attached hydrogen (secondary N) is 1. The molecular weight excluding hydrogens is 270 g/mol. The van der Waals surface area contributed by atoms with Crippen molar-refractivity contribution in [1.82, 2.24) is 0 Å². The predicted molar refractivity (Wildman–Crippen MR) is 71.7 cm³/mol. The molecule has 1 heterocycles. The van der Waals surface area contributed by atoms with Crippen molar-refractivity contribution in [2.75, 3.05) is 11.9 Å². The highest BCUT2D eigenvalue weighted by Crippen LogP contribution is 2.42. The van der Waals surface area contributed by atoms with Crippen LogP contribution in [-0.2, 0) is 0 Å². The second kappa shape index (κ2) is 4.02. The summed E-state index contributed by atoms with van der Waals surface area (Å²) in [6.07, 6.45) is 0. The van der Waals surface area contributed by atoms with E-state index in [0.717, 1.165) is 11.0 Å². The maximum atomic E-state index is 3.52. The zero-order valence-electron chi connectivity index (χ0n) is 9.30. The molecule has 3 heteroatoms. The minimum atomic E-state index is 0.345. The molecule has 0 saturated carbocycles. The fourth-order valence-electron chi connectivity index (χ4n) is 1.62. The number of benzene rings is 1. The van der Waals surface area contributed by atoms with E-state index in [1.54, 1.807) is 0 Å². The lowest BCUT2D eigenvalue weighted by atomic mass is 9.91. The van der Waals surface area contributed by atoms with E-state index in [1.165, 1.54) is 10.6 Å². The Morgan fingerprint density at radius 2 is 2.13 bits per heavy atom. The van der Waals surface area contributed by atoms with Crippen LogP contribution in [0, 0.1) is 5.41 Å². The summed E-state index contributed by atoms with van der Waals surface area (Å²) < 4.78 is 1.16. The monoisotopic (exact) mass is 285 g/mol. The van der Waals surface area contributed by atoms with E-state index < -0.39 is 0 Å². The molecule has 0 spiro atoms. The summed E-state index contributed by atoms with van der Waals surface area (Å²) in [5.41, 5.74) is 1.61. The van der Waals surface area contributed by atoms with Crippen LogP contribution in [0.4, 0.5) is 5.69 Å². The molecule has 1 unspecified atom stereocenters. The molecule has 0 radical (unpaired) electrons. The number of thioether (sulfide) groups is 1. The summed E-state index contributed by atoms with van der Waals surface area (Å²) in [4.78, 5) is 1.36. The lowest BCUT2D eigenvalue weighted by Gasteiger charge is -2.34. The Labute approximate surface area is 104 Å². The molecule has 0 aromatic heterocycles. The molecule has 2 rings (SSSR count). The molecule has 82 valence electrons. The number of halogens is 1. The van der Waals surface area contributed by atoms with Crippen LogP contribution in [0.5, 0.6) is 0 Å². The van der Waals surface area contributed by atoms with E-state index >= 15 is 0 Å². The van der Waals surface area contributed by atoms with Gasteiger partial charge in [0.05, 0.1) is 0 Å². The first-order chi connectivity index (χ1) is 6.97. The summed E-state index contributed by atoms with van der Waals surface area (Å²) in [7, 11) is 0. The standard InChI is InChI=1S/C12H16BrNS/c1-12(2,3)11-7-14-9-5-4-8(13)6-10(9)15-11/h4-6,11,14H,7H2,1-3H3. The fraction of sp³-hybridized carbons (Fsp3) is 0.500. The van der Waals surface area contributed by atoms with Gasteiger partial charge in [0.1, 0.15) is 0 Å². The molecule has 1 nitrogen and oxygen atoms in total. The van der Waals surface area contributed by atoms with Gasteiger partial charge in [-0.05, 0) is 23.6 Å². The largest absolute Gasteiger partial charge is 0.383 e. The SMILES string of the molecule is CC(C)(C)C1CNc2ccc(Br)cc2S1. The van der Waals surface area contributed by atoms with E-state index in [-0.39, 0.29) is 0 Å². The van der Waals surface area contributed by atoms with Crippen LogP contribution in [0.1, 0.15) is 20.8 Å². The Morgan fingerprint density at radius 3 is 2.80 bits per heavy atom. The average molecular weight is 286 g/mol. The topological polar surface area (TPSA) is 12.0 Å². The highest BCUT2D eigenvalue weighted by molar-refractivity contribution is 9.10. The number of fused-ring (bicyclic) bond motifs is 1. The Bertz CT molecular complexity index is 370. The summed E-state index contributed by atoms with van der Waals surface area (Å²) >= 11 is 5.51. The molecule has 1 aliphatic heterocycles. The number of anilines is 1. The van der Waals surface area contributed by atoms with Gasteiger partial charge in [0.25, 0.3) is 0 Å². The van der Waals surface area contributed by atoms with Gasteiger partial charge in [0.2, 0.25) is 0 Å². The van der Waals surface area contributed by atoms with Gasteiger partial charge in [-0.3, -0.25) is 0 Å². The van der Waals surface area contributed by atoms with E-state index in [2.05, 4.69) is 60.2 Å².